The summed E-state index contributed by atoms with van der Waals surface area (Å²) in [6.45, 7) is 0.219. The molecule has 1 heterocycles. The van der Waals surface area contributed by atoms with Crippen LogP contribution in [0.1, 0.15) is 19.3 Å². The lowest BCUT2D eigenvalue weighted by molar-refractivity contribution is -0.193. The topological polar surface area (TPSA) is 66.8 Å². The zero-order valence-corrected chi connectivity index (χ0v) is 6.65. The van der Waals surface area contributed by atoms with Crippen LogP contribution in [0, 0.1) is 0 Å². The Morgan fingerprint density at radius 1 is 1.67 bits per heavy atom. The highest BCUT2D eigenvalue weighted by Crippen LogP contribution is 2.10. The van der Waals surface area contributed by atoms with Crippen LogP contribution in [0.5, 0.6) is 0 Å². The van der Waals surface area contributed by atoms with E-state index in [1.807, 2.05) is 0 Å². The number of hydroxylamine groups is 2. The molecule has 0 aromatic heterocycles. The molecule has 0 spiro atoms. The average molecular weight is 173 g/mol. The fourth-order valence-corrected chi connectivity index (χ4v) is 0.980. The molecular formula is C7H11NO4. The molecule has 5 nitrogen and oxygen atoms in total. The van der Waals surface area contributed by atoms with E-state index >= 15 is 0 Å². The summed E-state index contributed by atoms with van der Waals surface area (Å²) in [5, 5.41) is 9.43. The summed E-state index contributed by atoms with van der Waals surface area (Å²) >= 11 is 0. The maximum Gasteiger partial charge on any atom is 0.334 e. The number of rotatable bonds is 3. The van der Waals surface area contributed by atoms with Crippen LogP contribution in [0.25, 0.3) is 0 Å². The third-order valence-corrected chi connectivity index (χ3v) is 1.56. The molecule has 1 aliphatic rings. The molecule has 5 heteroatoms. The van der Waals surface area contributed by atoms with Gasteiger partial charge in [-0.2, -0.15) is 5.06 Å². The van der Waals surface area contributed by atoms with Crippen molar-refractivity contribution in [3.8, 4) is 0 Å². The Balaban J connectivity index is 2.30. The van der Waals surface area contributed by atoms with Crippen LogP contribution in [0.3, 0.4) is 0 Å². The van der Waals surface area contributed by atoms with Gasteiger partial charge in [0.05, 0.1) is 19.6 Å². The normalized spacial score (nSPS) is 16.8. The quantitative estimate of drug-likeness (QED) is 0.621. The van der Waals surface area contributed by atoms with Gasteiger partial charge in [-0.1, -0.05) is 0 Å². The zero-order valence-electron chi connectivity index (χ0n) is 6.65. The summed E-state index contributed by atoms with van der Waals surface area (Å²) in [5.74, 6) is -0.728. The summed E-state index contributed by atoms with van der Waals surface area (Å²) in [5.41, 5.74) is 0. The van der Waals surface area contributed by atoms with Gasteiger partial charge in [0, 0.05) is 6.42 Å². The van der Waals surface area contributed by atoms with E-state index in [2.05, 4.69) is 4.84 Å². The van der Waals surface area contributed by atoms with Crippen molar-refractivity contribution in [2.75, 3.05) is 13.2 Å². The number of hydrogen-bond acceptors (Lipinski definition) is 4. The maximum absolute atomic E-state index is 10.9. The van der Waals surface area contributed by atoms with Crippen molar-refractivity contribution in [3.05, 3.63) is 0 Å². The molecule has 0 aromatic carbocycles. The monoisotopic (exact) mass is 173 g/mol. The molecule has 0 radical (unpaired) electrons. The molecule has 0 unspecified atom stereocenters. The molecule has 1 aliphatic heterocycles. The van der Waals surface area contributed by atoms with Crippen LogP contribution in [0.15, 0.2) is 0 Å². The van der Waals surface area contributed by atoms with Crippen LogP contribution < -0.4 is 0 Å². The van der Waals surface area contributed by atoms with Gasteiger partial charge in [0.15, 0.2) is 0 Å². The van der Waals surface area contributed by atoms with Crippen molar-refractivity contribution in [3.63, 3.8) is 0 Å². The first kappa shape index (κ1) is 8.99. The van der Waals surface area contributed by atoms with Gasteiger partial charge >= 0.3 is 5.97 Å². The number of aliphatic hydroxyl groups is 1. The highest BCUT2D eigenvalue weighted by atomic mass is 16.7. The Kier molecular flexibility index (Phi) is 3.04. The second kappa shape index (κ2) is 4.06. The molecule has 0 saturated carbocycles. The van der Waals surface area contributed by atoms with Crippen LogP contribution in [-0.4, -0.2) is 35.2 Å². The van der Waals surface area contributed by atoms with E-state index in [0.29, 0.717) is 13.0 Å². The van der Waals surface area contributed by atoms with E-state index < -0.39 is 5.97 Å². The van der Waals surface area contributed by atoms with E-state index in [4.69, 9.17) is 5.11 Å². The van der Waals surface area contributed by atoms with E-state index in [0.717, 1.165) is 11.5 Å². The summed E-state index contributed by atoms with van der Waals surface area (Å²) in [6, 6.07) is 0. The summed E-state index contributed by atoms with van der Waals surface area (Å²) in [7, 11) is 0. The van der Waals surface area contributed by atoms with Gasteiger partial charge in [-0.25, -0.2) is 4.79 Å². The molecule has 0 aromatic rings. The summed E-state index contributed by atoms with van der Waals surface area (Å²) in [4.78, 5) is 26.3. The van der Waals surface area contributed by atoms with Gasteiger partial charge in [0.25, 0.3) is 5.91 Å². The predicted molar refractivity (Wildman–Crippen MR) is 38.7 cm³/mol. The Bertz CT molecular complexity index is 192. The van der Waals surface area contributed by atoms with Crippen LogP contribution in [0.2, 0.25) is 0 Å². The lowest BCUT2D eigenvalue weighted by Crippen LogP contribution is -2.28. The van der Waals surface area contributed by atoms with Gasteiger partial charge in [-0.15, -0.1) is 0 Å². The molecule has 1 rings (SSSR count). The smallest absolute Gasteiger partial charge is 0.334 e. The maximum atomic E-state index is 10.9. The number of amides is 1. The minimum Gasteiger partial charge on any atom is -0.396 e. The highest BCUT2D eigenvalue weighted by molar-refractivity contribution is 5.79. The van der Waals surface area contributed by atoms with Crippen LogP contribution >= 0.6 is 0 Å². The van der Waals surface area contributed by atoms with E-state index in [1.54, 1.807) is 0 Å². The lowest BCUT2D eigenvalue weighted by Gasteiger charge is -2.13. The second-order valence-electron chi connectivity index (χ2n) is 2.54. The van der Waals surface area contributed by atoms with Gasteiger partial charge in [0.1, 0.15) is 0 Å². The van der Waals surface area contributed by atoms with E-state index in [-0.39, 0.29) is 18.9 Å². The van der Waals surface area contributed by atoms with Crippen molar-refractivity contribution in [1.29, 1.82) is 0 Å². The van der Waals surface area contributed by atoms with E-state index in [1.165, 1.54) is 0 Å². The van der Waals surface area contributed by atoms with Gasteiger partial charge < -0.3 is 9.94 Å². The van der Waals surface area contributed by atoms with Gasteiger partial charge in [0.2, 0.25) is 0 Å². The molecule has 0 bridgehead atoms. The van der Waals surface area contributed by atoms with Crippen LogP contribution in [-0.2, 0) is 14.4 Å². The van der Waals surface area contributed by atoms with Gasteiger partial charge in [-0.3, -0.25) is 4.79 Å². The van der Waals surface area contributed by atoms with E-state index in [9.17, 15) is 9.59 Å². The largest absolute Gasteiger partial charge is 0.396 e. The molecule has 12 heavy (non-hydrogen) atoms. The predicted octanol–water partition coefficient (Wildman–Crippen LogP) is -0.551. The number of carbonyl (C=O) groups excluding carboxylic acids is 2. The van der Waals surface area contributed by atoms with Crippen molar-refractivity contribution >= 4 is 11.9 Å². The Labute approximate surface area is 69.9 Å². The average Bonchev–Trinajstić information content (AvgIpc) is 2.37. The fraction of sp³-hybridized carbons (Fsp3) is 0.714. The Hall–Kier alpha value is -1.10. The third-order valence-electron chi connectivity index (χ3n) is 1.56. The Morgan fingerprint density at radius 2 is 2.42 bits per heavy atom. The first-order chi connectivity index (χ1) is 5.74. The highest BCUT2D eigenvalue weighted by Gasteiger charge is 2.23. The standard InChI is InChI=1S/C7H11NO4/c9-5-3-7(11)12-8-4-1-2-6(8)10/h9H,1-5H2. The van der Waals surface area contributed by atoms with Crippen LogP contribution in [0.4, 0.5) is 0 Å². The number of aliphatic hydroxyl groups excluding tert-OH is 1. The molecule has 68 valence electrons. The molecule has 1 amide bonds. The number of hydrogen-bond donors (Lipinski definition) is 1. The first-order valence-electron chi connectivity index (χ1n) is 3.86. The molecule has 1 N–H and O–H groups in total. The summed E-state index contributed by atoms with van der Waals surface area (Å²) in [6.07, 6.45) is 1.10. The molecule has 1 saturated heterocycles. The SMILES string of the molecule is O=C(CCO)ON1CCCC1=O. The second-order valence-corrected chi connectivity index (χ2v) is 2.54. The third kappa shape index (κ3) is 2.20. The van der Waals surface area contributed by atoms with Crippen molar-refractivity contribution in [2.24, 2.45) is 0 Å². The van der Waals surface area contributed by atoms with Crippen molar-refractivity contribution < 1.29 is 19.5 Å². The number of carbonyl (C=O) groups is 2. The molecular weight excluding hydrogens is 162 g/mol. The number of nitrogens with zero attached hydrogens (tertiary/aromatic N) is 1. The zero-order chi connectivity index (χ0) is 8.97. The lowest BCUT2D eigenvalue weighted by atomic mass is 10.4. The summed E-state index contributed by atoms with van der Waals surface area (Å²) < 4.78 is 0. The molecule has 0 aliphatic carbocycles. The minimum atomic E-state index is -0.562. The van der Waals surface area contributed by atoms with Gasteiger partial charge in [-0.05, 0) is 6.42 Å². The molecule has 1 fully saturated rings. The van der Waals surface area contributed by atoms with Crippen molar-refractivity contribution in [2.45, 2.75) is 19.3 Å². The van der Waals surface area contributed by atoms with Crippen molar-refractivity contribution in [1.82, 2.24) is 5.06 Å². The Morgan fingerprint density at radius 3 is 2.92 bits per heavy atom. The fourth-order valence-electron chi connectivity index (χ4n) is 0.980. The molecule has 0 atom stereocenters. The first-order valence-corrected chi connectivity index (χ1v) is 3.86. The minimum absolute atomic E-state index is 0.0657.